The van der Waals surface area contributed by atoms with Gasteiger partial charge in [0.2, 0.25) is 5.91 Å². The lowest BCUT2D eigenvalue weighted by Gasteiger charge is -2.09. The number of hydrogen-bond donors (Lipinski definition) is 3. The van der Waals surface area contributed by atoms with Crippen LogP contribution >= 0.6 is 0 Å². The molecule has 7 nitrogen and oxygen atoms in total. The van der Waals surface area contributed by atoms with Gasteiger partial charge in [-0.15, -0.1) is 0 Å². The Morgan fingerprint density at radius 2 is 2.08 bits per heavy atom. The fourth-order valence-electron chi connectivity index (χ4n) is 2.74. The van der Waals surface area contributed by atoms with E-state index in [1.807, 2.05) is 38.1 Å². The number of aromatic nitrogens is 3. The predicted molar refractivity (Wildman–Crippen MR) is 104 cm³/mol. The van der Waals surface area contributed by atoms with Crippen LogP contribution in [0.4, 0.5) is 5.69 Å². The molecule has 1 amide bonds. The Morgan fingerprint density at radius 3 is 2.81 bits per heavy atom. The molecule has 3 rings (SSSR count). The minimum atomic E-state index is -0.0153. The number of amides is 1. The van der Waals surface area contributed by atoms with Gasteiger partial charge in [-0.05, 0) is 29.7 Å². The number of H-pyrrole nitrogens is 1. The molecule has 0 spiro atoms. The van der Waals surface area contributed by atoms with Crippen LogP contribution in [-0.2, 0) is 4.79 Å². The zero-order valence-electron chi connectivity index (χ0n) is 15.1. The number of pyridine rings is 1. The predicted octanol–water partition coefficient (Wildman–Crippen LogP) is 2.94. The van der Waals surface area contributed by atoms with Crippen molar-refractivity contribution in [2.45, 2.75) is 20.3 Å². The topological polar surface area (TPSA) is 109 Å². The van der Waals surface area contributed by atoms with E-state index in [1.54, 1.807) is 19.4 Å². The van der Waals surface area contributed by atoms with Crippen LogP contribution in [0.3, 0.4) is 0 Å². The maximum atomic E-state index is 12.0. The van der Waals surface area contributed by atoms with Gasteiger partial charge in [0.05, 0.1) is 17.4 Å². The van der Waals surface area contributed by atoms with Gasteiger partial charge in [-0.2, -0.15) is 5.10 Å². The van der Waals surface area contributed by atoms with Gasteiger partial charge >= 0.3 is 0 Å². The van der Waals surface area contributed by atoms with E-state index in [0.29, 0.717) is 29.6 Å². The van der Waals surface area contributed by atoms with Crippen molar-refractivity contribution < 1.29 is 4.79 Å². The van der Waals surface area contributed by atoms with Crippen molar-refractivity contribution in [2.75, 3.05) is 12.4 Å². The molecule has 0 aliphatic heterocycles. The molecule has 1 aromatic carbocycles. The van der Waals surface area contributed by atoms with Crippen LogP contribution in [-0.4, -0.2) is 34.0 Å². The summed E-state index contributed by atoms with van der Waals surface area (Å²) in [6, 6.07) is 7.81. The highest BCUT2D eigenvalue weighted by Crippen LogP contribution is 2.26. The molecule has 0 bridgehead atoms. The summed E-state index contributed by atoms with van der Waals surface area (Å²) in [5, 5.41) is 11.0. The van der Waals surface area contributed by atoms with E-state index >= 15 is 0 Å². The van der Waals surface area contributed by atoms with Crippen molar-refractivity contribution in [3.8, 4) is 11.1 Å². The number of fused-ring (bicyclic) bond motifs is 1. The average Bonchev–Trinajstić information content (AvgIpc) is 3.03. The Labute approximate surface area is 151 Å². The Balaban J connectivity index is 1.94. The Bertz CT molecular complexity index is 973. The highest BCUT2D eigenvalue weighted by Gasteiger charge is 2.11. The summed E-state index contributed by atoms with van der Waals surface area (Å²) < 4.78 is 0. The summed E-state index contributed by atoms with van der Waals surface area (Å²) in [5.74, 6) is 0.665. The molecule has 0 unspecified atom stereocenters. The van der Waals surface area contributed by atoms with E-state index < -0.39 is 0 Å². The molecule has 0 radical (unpaired) electrons. The number of anilines is 1. The van der Waals surface area contributed by atoms with E-state index in [-0.39, 0.29) is 5.91 Å². The van der Waals surface area contributed by atoms with Gasteiger partial charge in [0, 0.05) is 30.6 Å². The van der Waals surface area contributed by atoms with Crippen molar-refractivity contribution >= 4 is 28.3 Å². The molecule has 3 aromatic rings. The summed E-state index contributed by atoms with van der Waals surface area (Å²) in [6.07, 6.45) is 3.88. The maximum absolute atomic E-state index is 12.0. The van der Waals surface area contributed by atoms with E-state index in [9.17, 15) is 4.79 Å². The Kier molecular flexibility index (Phi) is 4.97. The number of rotatable bonds is 5. The van der Waals surface area contributed by atoms with Crippen LogP contribution in [0.15, 0.2) is 41.7 Å². The second-order valence-electron chi connectivity index (χ2n) is 6.55. The zero-order chi connectivity index (χ0) is 18.7. The molecule has 7 heteroatoms. The van der Waals surface area contributed by atoms with Crippen LogP contribution in [0, 0.1) is 5.92 Å². The van der Waals surface area contributed by atoms with Crippen LogP contribution in [0.25, 0.3) is 22.0 Å². The normalized spacial score (nSPS) is 11.9. The Morgan fingerprint density at radius 1 is 1.27 bits per heavy atom. The Hall–Kier alpha value is -3.22. The number of hydrogen-bond acceptors (Lipinski definition) is 4. The molecule has 0 saturated heterocycles. The summed E-state index contributed by atoms with van der Waals surface area (Å²) >= 11 is 0. The molecular formula is C19H22N6O. The first kappa shape index (κ1) is 17.6. The molecule has 2 aromatic heterocycles. The van der Waals surface area contributed by atoms with Gasteiger partial charge in [0.1, 0.15) is 11.5 Å². The third-order valence-corrected chi connectivity index (χ3v) is 4.00. The van der Waals surface area contributed by atoms with Crippen molar-refractivity contribution in [2.24, 2.45) is 16.6 Å². The number of aliphatic imine (C=N–C) groups is 1. The molecule has 0 aliphatic carbocycles. The first-order valence-corrected chi connectivity index (χ1v) is 8.44. The van der Waals surface area contributed by atoms with Crippen molar-refractivity contribution in [1.82, 2.24) is 15.2 Å². The van der Waals surface area contributed by atoms with Gasteiger partial charge in [-0.3, -0.25) is 19.9 Å². The van der Waals surface area contributed by atoms with Gasteiger partial charge in [0.25, 0.3) is 0 Å². The number of amidine groups is 1. The second-order valence-corrected chi connectivity index (χ2v) is 6.55. The maximum Gasteiger partial charge on any atom is 0.224 e. The fourth-order valence-corrected chi connectivity index (χ4v) is 2.74. The molecular weight excluding hydrogens is 328 g/mol. The second kappa shape index (κ2) is 7.35. The lowest BCUT2D eigenvalue weighted by molar-refractivity contribution is -0.116. The number of nitrogens with two attached hydrogens (primary N) is 1. The zero-order valence-corrected chi connectivity index (χ0v) is 15.1. The summed E-state index contributed by atoms with van der Waals surface area (Å²) in [7, 11) is 1.63. The number of aromatic amines is 1. The van der Waals surface area contributed by atoms with Gasteiger partial charge in [-0.25, -0.2) is 0 Å². The monoisotopic (exact) mass is 350 g/mol. The van der Waals surface area contributed by atoms with Crippen LogP contribution in [0.5, 0.6) is 0 Å². The molecule has 0 atom stereocenters. The third-order valence-electron chi connectivity index (χ3n) is 4.00. The summed E-state index contributed by atoms with van der Waals surface area (Å²) in [6.45, 7) is 4.02. The molecule has 4 N–H and O–H groups in total. The van der Waals surface area contributed by atoms with Crippen molar-refractivity contribution in [3.63, 3.8) is 0 Å². The van der Waals surface area contributed by atoms with E-state index in [0.717, 1.165) is 22.0 Å². The SMILES string of the molecule is CN=C(N)c1n[nH]c2ccc(-c3cncc(NC(=O)CC(C)C)c3)cc12. The summed E-state index contributed by atoms with van der Waals surface area (Å²) in [5.41, 5.74) is 9.95. The average molecular weight is 350 g/mol. The molecule has 0 aliphatic rings. The van der Waals surface area contributed by atoms with Crippen LogP contribution in [0.1, 0.15) is 26.0 Å². The largest absolute Gasteiger partial charge is 0.382 e. The number of nitrogens with one attached hydrogen (secondary N) is 2. The van der Waals surface area contributed by atoms with E-state index in [2.05, 4.69) is 25.5 Å². The highest BCUT2D eigenvalue weighted by atomic mass is 16.1. The molecule has 0 fully saturated rings. The fraction of sp³-hybridized carbons (Fsp3) is 0.263. The first-order valence-electron chi connectivity index (χ1n) is 8.44. The highest BCUT2D eigenvalue weighted by molar-refractivity contribution is 6.07. The van der Waals surface area contributed by atoms with E-state index in [4.69, 9.17) is 5.73 Å². The minimum absolute atomic E-state index is 0.0153. The lowest BCUT2D eigenvalue weighted by Crippen LogP contribution is -2.14. The van der Waals surface area contributed by atoms with E-state index in [1.165, 1.54) is 0 Å². The van der Waals surface area contributed by atoms with Crippen molar-refractivity contribution in [1.29, 1.82) is 0 Å². The van der Waals surface area contributed by atoms with Gasteiger partial charge < -0.3 is 11.1 Å². The smallest absolute Gasteiger partial charge is 0.224 e. The number of nitrogens with zero attached hydrogens (tertiary/aromatic N) is 3. The van der Waals surface area contributed by atoms with Crippen LogP contribution < -0.4 is 11.1 Å². The molecule has 26 heavy (non-hydrogen) atoms. The minimum Gasteiger partial charge on any atom is -0.382 e. The number of benzene rings is 1. The van der Waals surface area contributed by atoms with Gasteiger partial charge in [0.15, 0.2) is 0 Å². The van der Waals surface area contributed by atoms with Gasteiger partial charge in [-0.1, -0.05) is 19.9 Å². The number of carbonyl (C=O) groups excluding carboxylic acids is 1. The number of carbonyl (C=O) groups is 1. The molecule has 2 heterocycles. The lowest BCUT2D eigenvalue weighted by atomic mass is 10.0. The molecule has 134 valence electrons. The first-order chi connectivity index (χ1) is 12.5. The standard InChI is InChI=1S/C19H22N6O/c1-11(2)6-17(26)23-14-7-13(9-22-10-14)12-4-5-16-15(8-12)18(25-24-16)19(20)21-3/h4-5,7-11H,6H2,1-3H3,(H2,20,21)(H,23,26)(H,24,25). The van der Waals surface area contributed by atoms with Crippen molar-refractivity contribution in [3.05, 3.63) is 42.4 Å². The summed E-state index contributed by atoms with van der Waals surface area (Å²) in [4.78, 5) is 20.2. The third kappa shape index (κ3) is 3.72. The molecule has 0 saturated carbocycles. The quantitative estimate of drug-likeness (QED) is 0.485. The van der Waals surface area contributed by atoms with Crippen LogP contribution in [0.2, 0.25) is 0 Å².